The average Bonchev–Trinajstić information content (AvgIpc) is 2.58. The molecule has 1 N–H and O–H groups in total. The van der Waals surface area contributed by atoms with E-state index in [0.717, 1.165) is 11.3 Å². The van der Waals surface area contributed by atoms with Gasteiger partial charge in [0, 0.05) is 25.4 Å². The Morgan fingerprint density at radius 1 is 1.18 bits per heavy atom. The Kier molecular flexibility index (Phi) is 2.95. The van der Waals surface area contributed by atoms with Gasteiger partial charge in [0.1, 0.15) is 0 Å². The molecule has 1 fully saturated rings. The minimum atomic E-state index is -0.285. The van der Waals surface area contributed by atoms with Crippen molar-refractivity contribution in [1.29, 1.82) is 0 Å². The summed E-state index contributed by atoms with van der Waals surface area (Å²) in [5, 5.41) is 2.26. The topological polar surface area (TPSA) is 49.4 Å². The van der Waals surface area contributed by atoms with Crippen molar-refractivity contribution in [2.45, 2.75) is 6.42 Å². The van der Waals surface area contributed by atoms with E-state index in [0.29, 0.717) is 5.57 Å². The van der Waals surface area contributed by atoms with Gasteiger partial charge in [0.05, 0.1) is 6.42 Å². The zero-order valence-corrected chi connectivity index (χ0v) is 9.86. The summed E-state index contributed by atoms with van der Waals surface area (Å²) < 4.78 is 0. The monoisotopic (exact) mass is 230 g/mol. The lowest BCUT2D eigenvalue weighted by Crippen LogP contribution is -2.19. The molecule has 0 spiro atoms. The number of carbonyl (C=O) groups is 2. The van der Waals surface area contributed by atoms with Crippen molar-refractivity contribution >= 4 is 23.6 Å². The molecular formula is C13H14N2O2. The summed E-state index contributed by atoms with van der Waals surface area (Å²) in [6.45, 7) is 0. The highest BCUT2D eigenvalue weighted by Gasteiger charge is 2.23. The first kappa shape index (κ1) is 11.4. The van der Waals surface area contributed by atoms with Crippen LogP contribution in [0.2, 0.25) is 0 Å². The molecule has 88 valence electrons. The molecule has 1 saturated heterocycles. The van der Waals surface area contributed by atoms with Crippen LogP contribution in [0.4, 0.5) is 5.69 Å². The molecule has 0 aromatic heterocycles. The normalized spacial score (nSPS) is 17.4. The van der Waals surface area contributed by atoms with E-state index in [9.17, 15) is 9.59 Å². The molecule has 4 heteroatoms. The number of carbonyl (C=O) groups excluding carboxylic acids is 2. The van der Waals surface area contributed by atoms with Crippen molar-refractivity contribution in [3.8, 4) is 0 Å². The maximum absolute atomic E-state index is 11.4. The predicted octanol–water partition coefficient (Wildman–Crippen LogP) is 1.18. The maximum atomic E-state index is 11.4. The summed E-state index contributed by atoms with van der Waals surface area (Å²) >= 11 is 0. The highest BCUT2D eigenvalue weighted by atomic mass is 16.2. The fourth-order valence-electron chi connectivity index (χ4n) is 1.69. The smallest absolute Gasteiger partial charge is 0.254 e. The molecule has 0 atom stereocenters. The SMILES string of the molecule is CN(C)c1ccc(/C=C2\CC(=O)NC2=O)cc1. The summed E-state index contributed by atoms with van der Waals surface area (Å²) in [7, 11) is 3.94. The Morgan fingerprint density at radius 2 is 1.82 bits per heavy atom. The number of imide groups is 1. The van der Waals surface area contributed by atoms with E-state index in [2.05, 4.69) is 5.32 Å². The molecule has 4 nitrogen and oxygen atoms in total. The predicted molar refractivity (Wildman–Crippen MR) is 66.5 cm³/mol. The second-order valence-corrected chi connectivity index (χ2v) is 4.21. The zero-order chi connectivity index (χ0) is 12.4. The lowest BCUT2D eigenvalue weighted by atomic mass is 10.1. The number of anilines is 1. The molecule has 0 saturated carbocycles. The van der Waals surface area contributed by atoms with E-state index in [1.165, 1.54) is 0 Å². The number of hydrogen-bond donors (Lipinski definition) is 1. The first-order valence-corrected chi connectivity index (χ1v) is 5.38. The van der Waals surface area contributed by atoms with E-state index in [-0.39, 0.29) is 18.2 Å². The lowest BCUT2D eigenvalue weighted by molar-refractivity contribution is -0.124. The number of rotatable bonds is 2. The minimum Gasteiger partial charge on any atom is -0.378 e. The standard InChI is InChI=1S/C13H14N2O2/c1-15(2)11-5-3-9(4-6-11)7-10-8-12(16)14-13(10)17/h3-7H,8H2,1-2H3,(H,14,16,17)/b10-7+. The molecule has 0 bridgehead atoms. The summed E-state index contributed by atoms with van der Waals surface area (Å²) in [4.78, 5) is 24.4. The number of hydrogen-bond acceptors (Lipinski definition) is 3. The van der Waals surface area contributed by atoms with Gasteiger partial charge < -0.3 is 4.90 Å². The highest BCUT2D eigenvalue weighted by Crippen LogP contribution is 2.17. The number of nitrogens with one attached hydrogen (secondary N) is 1. The molecule has 1 aromatic rings. The Labute approximate surface area is 99.9 Å². The van der Waals surface area contributed by atoms with E-state index in [1.54, 1.807) is 6.08 Å². The molecular weight excluding hydrogens is 216 g/mol. The van der Waals surface area contributed by atoms with Gasteiger partial charge in [0.2, 0.25) is 5.91 Å². The number of benzene rings is 1. The van der Waals surface area contributed by atoms with E-state index in [4.69, 9.17) is 0 Å². The number of amides is 2. The summed E-state index contributed by atoms with van der Waals surface area (Å²) in [5.41, 5.74) is 2.54. The average molecular weight is 230 g/mol. The Morgan fingerprint density at radius 3 is 2.29 bits per heavy atom. The van der Waals surface area contributed by atoms with Crippen LogP contribution in [0.1, 0.15) is 12.0 Å². The van der Waals surface area contributed by atoms with E-state index >= 15 is 0 Å². The second-order valence-electron chi connectivity index (χ2n) is 4.21. The third-order valence-corrected chi connectivity index (χ3v) is 2.65. The van der Waals surface area contributed by atoms with Crippen molar-refractivity contribution in [3.63, 3.8) is 0 Å². The Hall–Kier alpha value is -2.10. The molecule has 2 amide bonds. The second kappa shape index (κ2) is 4.41. The van der Waals surface area contributed by atoms with Crippen LogP contribution in [0.15, 0.2) is 29.8 Å². The Bertz CT molecular complexity index is 487. The Balaban J connectivity index is 2.21. The van der Waals surface area contributed by atoms with Crippen LogP contribution in [0.3, 0.4) is 0 Å². The van der Waals surface area contributed by atoms with Crippen LogP contribution in [0.5, 0.6) is 0 Å². The molecule has 1 aromatic carbocycles. The van der Waals surface area contributed by atoms with Crippen LogP contribution in [0, 0.1) is 0 Å². The van der Waals surface area contributed by atoms with Gasteiger partial charge in [-0.2, -0.15) is 0 Å². The van der Waals surface area contributed by atoms with Gasteiger partial charge in [0.25, 0.3) is 5.91 Å². The van der Waals surface area contributed by atoms with E-state index < -0.39 is 0 Å². The largest absolute Gasteiger partial charge is 0.378 e. The van der Waals surface area contributed by atoms with Gasteiger partial charge in [0.15, 0.2) is 0 Å². The number of nitrogens with zero attached hydrogens (tertiary/aromatic N) is 1. The molecule has 2 rings (SSSR count). The molecule has 1 aliphatic rings. The van der Waals surface area contributed by atoms with Gasteiger partial charge in [-0.1, -0.05) is 12.1 Å². The first-order valence-electron chi connectivity index (χ1n) is 5.38. The van der Waals surface area contributed by atoms with Crippen LogP contribution in [0.25, 0.3) is 6.08 Å². The van der Waals surface area contributed by atoms with Crippen molar-refractivity contribution in [3.05, 3.63) is 35.4 Å². The van der Waals surface area contributed by atoms with Crippen molar-refractivity contribution < 1.29 is 9.59 Å². The minimum absolute atomic E-state index is 0.175. The van der Waals surface area contributed by atoms with E-state index in [1.807, 2.05) is 43.3 Å². The molecule has 17 heavy (non-hydrogen) atoms. The lowest BCUT2D eigenvalue weighted by Gasteiger charge is -2.11. The molecule has 0 aliphatic carbocycles. The molecule has 1 heterocycles. The van der Waals surface area contributed by atoms with Crippen molar-refractivity contribution in [1.82, 2.24) is 5.32 Å². The van der Waals surface area contributed by atoms with Gasteiger partial charge in [-0.15, -0.1) is 0 Å². The fraction of sp³-hybridized carbons (Fsp3) is 0.231. The highest BCUT2D eigenvalue weighted by molar-refractivity contribution is 6.15. The fourth-order valence-corrected chi connectivity index (χ4v) is 1.69. The quantitative estimate of drug-likeness (QED) is 0.613. The van der Waals surface area contributed by atoms with Gasteiger partial charge in [-0.05, 0) is 23.8 Å². The molecule has 1 aliphatic heterocycles. The summed E-state index contributed by atoms with van der Waals surface area (Å²) in [6.07, 6.45) is 1.92. The third-order valence-electron chi connectivity index (χ3n) is 2.65. The van der Waals surface area contributed by atoms with Gasteiger partial charge >= 0.3 is 0 Å². The molecule has 0 unspecified atom stereocenters. The van der Waals surface area contributed by atoms with Crippen LogP contribution < -0.4 is 10.2 Å². The van der Waals surface area contributed by atoms with Crippen LogP contribution in [-0.2, 0) is 9.59 Å². The van der Waals surface area contributed by atoms with Gasteiger partial charge in [-0.3, -0.25) is 14.9 Å². The van der Waals surface area contributed by atoms with Crippen molar-refractivity contribution in [2.24, 2.45) is 0 Å². The maximum Gasteiger partial charge on any atom is 0.254 e. The first-order chi connectivity index (χ1) is 8.06. The third kappa shape index (κ3) is 2.53. The van der Waals surface area contributed by atoms with Crippen molar-refractivity contribution in [2.75, 3.05) is 19.0 Å². The molecule has 0 radical (unpaired) electrons. The van der Waals surface area contributed by atoms with Crippen LogP contribution in [-0.4, -0.2) is 25.9 Å². The van der Waals surface area contributed by atoms with Gasteiger partial charge in [-0.25, -0.2) is 0 Å². The zero-order valence-electron chi connectivity index (χ0n) is 9.86. The summed E-state index contributed by atoms with van der Waals surface area (Å²) in [5.74, 6) is -0.516. The van der Waals surface area contributed by atoms with Crippen LogP contribution >= 0.6 is 0 Å². The summed E-state index contributed by atoms with van der Waals surface area (Å²) in [6, 6.07) is 7.80.